The monoisotopic (exact) mass is 804 g/mol. The molecule has 2 fully saturated rings. The third-order valence-electron chi connectivity index (χ3n) is 9.49. The predicted molar refractivity (Wildman–Crippen MR) is 200 cm³/mol. The molecule has 0 N–H and O–H groups in total. The van der Waals surface area contributed by atoms with Crippen molar-refractivity contribution in [2.75, 3.05) is 23.0 Å². The van der Waals surface area contributed by atoms with Gasteiger partial charge in [-0.05, 0) is 97.1 Å². The maximum absolute atomic E-state index is 13.8. The van der Waals surface area contributed by atoms with Gasteiger partial charge in [-0.3, -0.25) is 38.6 Å². The Morgan fingerprint density at radius 1 is 0.561 bits per heavy atom. The number of rotatable bonds is 12. The fourth-order valence-electron chi connectivity index (χ4n) is 6.46. The maximum atomic E-state index is 13.8. The van der Waals surface area contributed by atoms with Gasteiger partial charge in [-0.25, -0.2) is 9.59 Å². The number of ether oxygens (including phenoxy) is 2. The highest BCUT2D eigenvalue weighted by Gasteiger charge is 2.62. The molecule has 0 aromatic heterocycles. The Morgan fingerprint density at radius 3 is 1.19 bits per heavy atom. The van der Waals surface area contributed by atoms with Crippen LogP contribution in [0.15, 0.2) is 97.1 Å². The molecule has 16 heteroatoms. The Morgan fingerprint density at radius 2 is 0.877 bits per heavy atom. The van der Waals surface area contributed by atoms with Gasteiger partial charge in [0.25, 0.3) is 0 Å². The highest BCUT2D eigenvalue weighted by molar-refractivity contribution is 6.31. The minimum atomic E-state index is -2.44. The number of halogens is 2. The fraction of sp³-hybridized carbons (Fsp3) is 0.171. The molecule has 2 unspecified atom stereocenters. The Labute approximate surface area is 333 Å². The zero-order valence-electron chi connectivity index (χ0n) is 29.3. The predicted octanol–water partition coefficient (Wildman–Crippen LogP) is 5.57. The summed E-state index contributed by atoms with van der Waals surface area (Å²) in [6.45, 7) is -1.13. The lowest BCUT2D eigenvalue weighted by atomic mass is 9.67. The van der Waals surface area contributed by atoms with Crippen molar-refractivity contribution >= 4 is 81.7 Å². The molecular formula is C41H26Cl2N4O10. The van der Waals surface area contributed by atoms with Crippen molar-refractivity contribution < 1.29 is 47.8 Å². The lowest BCUT2D eigenvalue weighted by Crippen LogP contribution is -2.44. The Balaban J connectivity index is 1.11. The van der Waals surface area contributed by atoms with E-state index in [1.54, 1.807) is 12.1 Å². The summed E-state index contributed by atoms with van der Waals surface area (Å²) in [6.07, 6.45) is -1.27. The van der Waals surface area contributed by atoms with Crippen molar-refractivity contribution in [1.29, 1.82) is 10.5 Å². The summed E-state index contributed by atoms with van der Waals surface area (Å²) in [5, 5.41) is 21.6. The normalized spacial score (nSPS) is 16.6. The van der Waals surface area contributed by atoms with Gasteiger partial charge >= 0.3 is 11.9 Å². The first kappa shape index (κ1) is 39.7. The van der Waals surface area contributed by atoms with E-state index in [4.69, 9.17) is 32.7 Å². The van der Waals surface area contributed by atoms with Crippen LogP contribution in [-0.2, 0) is 28.7 Å². The molecule has 57 heavy (non-hydrogen) atoms. The van der Waals surface area contributed by atoms with E-state index >= 15 is 0 Å². The van der Waals surface area contributed by atoms with Crippen molar-refractivity contribution in [3.05, 3.63) is 129 Å². The summed E-state index contributed by atoms with van der Waals surface area (Å²) < 4.78 is 10.2. The molecule has 2 heterocycles. The molecule has 4 aromatic carbocycles. The van der Waals surface area contributed by atoms with Crippen LogP contribution in [0.5, 0.6) is 0 Å². The number of imide groups is 2. The topological polar surface area (TPSA) is 209 Å². The van der Waals surface area contributed by atoms with Crippen LogP contribution < -0.4 is 9.80 Å². The van der Waals surface area contributed by atoms with E-state index in [0.29, 0.717) is 10.0 Å². The Kier molecular flexibility index (Phi) is 11.4. The zero-order valence-corrected chi connectivity index (χ0v) is 30.9. The number of carbonyl (C=O) groups excluding carboxylic acids is 8. The first-order valence-electron chi connectivity index (χ1n) is 17.0. The van der Waals surface area contributed by atoms with E-state index in [-0.39, 0.29) is 33.6 Å². The first-order chi connectivity index (χ1) is 27.3. The molecule has 4 aromatic rings. The number of anilines is 2. The molecule has 6 rings (SSSR count). The van der Waals surface area contributed by atoms with Gasteiger partial charge in [0.05, 0.1) is 46.5 Å². The summed E-state index contributed by atoms with van der Waals surface area (Å²) in [7, 11) is 0. The summed E-state index contributed by atoms with van der Waals surface area (Å²) in [5.41, 5.74) is -1.91. The van der Waals surface area contributed by atoms with Crippen LogP contribution in [0, 0.1) is 39.9 Å². The van der Waals surface area contributed by atoms with Gasteiger partial charge in [0.15, 0.2) is 30.2 Å². The molecule has 4 amide bonds. The van der Waals surface area contributed by atoms with Crippen molar-refractivity contribution in [2.45, 2.75) is 12.8 Å². The lowest BCUT2D eigenvalue weighted by molar-refractivity contribution is -0.126. The molecule has 0 radical (unpaired) electrons. The van der Waals surface area contributed by atoms with Gasteiger partial charge in [-0.15, -0.1) is 0 Å². The zero-order chi connectivity index (χ0) is 41.0. The number of hydrogen-bond donors (Lipinski definition) is 0. The molecule has 284 valence electrons. The maximum Gasteiger partial charge on any atom is 0.338 e. The van der Waals surface area contributed by atoms with Crippen molar-refractivity contribution in [2.24, 2.45) is 17.3 Å². The third-order valence-corrected chi connectivity index (χ3v) is 9.99. The van der Waals surface area contributed by atoms with Gasteiger partial charge in [-0.1, -0.05) is 23.2 Å². The smallest absolute Gasteiger partial charge is 0.338 e. The summed E-state index contributed by atoms with van der Waals surface area (Å²) in [6, 6.07) is 25.6. The Bertz CT molecular complexity index is 2250. The number of amides is 4. The number of Topliss-reactive ketones (excluding diaryl/α,β-unsaturated/α-hetero) is 2. The molecule has 0 aliphatic carbocycles. The number of nitrogens with zero attached hydrogens (tertiary/aromatic N) is 4. The summed E-state index contributed by atoms with van der Waals surface area (Å²) in [4.78, 5) is 106. The molecular weight excluding hydrogens is 779 g/mol. The average Bonchev–Trinajstić information content (AvgIpc) is 3.69. The van der Waals surface area contributed by atoms with Crippen molar-refractivity contribution in [1.82, 2.24) is 0 Å². The molecule has 2 saturated heterocycles. The van der Waals surface area contributed by atoms with E-state index < -0.39 is 90.4 Å². The molecule has 14 nitrogen and oxygen atoms in total. The number of carbonyl (C=O) groups is 8. The highest BCUT2D eigenvalue weighted by atomic mass is 35.5. The van der Waals surface area contributed by atoms with Gasteiger partial charge in [-0.2, -0.15) is 10.5 Å². The van der Waals surface area contributed by atoms with Crippen molar-refractivity contribution in [3.8, 4) is 12.1 Å². The van der Waals surface area contributed by atoms with Crippen LogP contribution >= 0.6 is 23.2 Å². The SMILES string of the molecule is N#CC(C#N)(C1CC(=O)N(c2ccc(C(=O)OCC(=O)c3ccc(Cl)cc3)cc2)C1=O)C1CC(=O)N(c2ccc(C(=O)OCC(=O)c3ccc(Cl)cc3)cc2)C1=O. The number of nitriles is 2. The van der Waals surface area contributed by atoms with Crippen molar-refractivity contribution in [3.63, 3.8) is 0 Å². The van der Waals surface area contributed by atoms with E-state index in [9.17, 15) is 48.9 Å². The third kappa shape index (κ3) is 7.91. The molecule has 2 aliphatic rings. The van der Waals surface area contributed by atoms with Crippen LogP contribution in [0.2, 0.25) is 10.0 Å². The van der Waals surface area contributed by atoms with Crippen LogP contribution in [0.1, 0.15) is 54.3 Å². The molecule has 0 saturated carbocycles. The van der Waals surface area contributed by atoms with Crippen LogP contribution in [0.3, 0.4) is 0 Å². The fourth-order valence-corrected chi connectivity index (χ4v) is 6.71. The Hall–Kier alpha value is -7.00. The molecule has 0 spiro atoms. The van der Waals surface area contributed by atoms with Gasteiger partial charge in [0.1, 0.15) is 0 Å². The number of esters is 2. The van der Waals surface area contributed by atoms with Gasteiger partial charge < -0.3 is 9.47 Å². The average molecular weight is 806 g/mol. The summed E-state index contributed by atoms with van der Waals surface area (Å²) in [5.74, 6) is -9.49. The quantitative estimate of drug-likeness (QED) is 0.0979. The number of ketones is 2. The summed E-state index contributed by atoms with van der Waals surface area (Å²) >= 11 is 11.7. The lowest BCUT2D eigenvalue weighted by Gasteiger charge is -2.28. The van der Waals surface area contributed by atoms with E-state index in [0.717, 1.165) is 9.80 Å². The second-order valence-electron chi connectivity index (χ2n) is 12.8. The van der Waals surface area contributed by atoms with Gasteiger partial charge in [0.2, 0.25) is 23.6 Å². The second-order valence-corrected chi connectivity index (χ2v) is 13.7. The van der Waals surface area contributed by atoms with E-state index in [1.807, 2.05) is 0 Å². The van der Waals surface area contributed by atoms with Crippen LogP contribution in [-0.4, -0.2) is 60.3 Å². The van der Waals surface area contributed by atoms with Gasteiger partial charge in [0, 0.05) is 34.0 Å². The largest absolute Gasteiger partial charge is 0.454 e. The standard InChI is InChI=1S/C41H26Cl2N4O10/c42-27-9-1-23(2-10-27)33(48)19-56-39(54)25-5-13-29(14-6-25)46-35(50)17-31(37(46)52)41(21-44,22-45)32-18-36(51)47(38(32)53)30-15-7-26(8-16-30)40(55)57-20-34(49)24-3-11-28(43)12-4-24/h1-16,31-32H,17-20H2. The highest BCUT2D eigenvalue weighted by Crippen LogP contribution is 2.47. The number of benzene rings is 4. The molecule has 2 atom stereocenters. The molecule has 2 aliphatic heterocycles. The van der Waals surface area contributed by atoms with E-state index in [1.165, 1.54) is 97.1 Å². The first-order valence-corrected chi connectivity index (χ1v) is 17.7. The number of hydrogen-bond acceptors (Lipinski definition) is 12. The molecule has 0 bridgehead atoms. The van der Waals surface area contributed by atoms with Crippen LogP contribution in [0.25, 0.3) is 0 Å². The van der Waals surface area contributed by atoms with Crippen LogP contribution in [0.4, 0.5) is 11.4 Å². The van der Waals surface area contributed by atoms with E-state index in [2.05, 4.69) is 0 Å². The minimum absolute atomic E-state index is 0.00511. The second kappa shape index (κ2) is 16.4. The minimum Gasteiger partial charge on any atom is -0.454 e.